The molecule has 0 spiro atoms. The third kappa shape index (κ3) is 11.3. The maximum atomic E-state index is 5.40. The quantitative estimate of drug-likeness (QED) is 0.598. The van der Waals surface area contributed by atoms with E-state index in [9.17, 15) is 0 Å². The zero-order chi connectivity index (χ0) is 14.4. The average Bonchev–Trinajstić information content (AvgIpc) is 2.33. The summed E-state index contributed by atoms with van der Waals surface area (Å²) in [7, 11) is 0.799. The molecule has 0 amide bonds. The van der Waals surface area contributed by atoms with Crippen LogP contribution in [0.15, 0.2) is 0 Å². The van der Waals surface area contributed by atoms with Crippen LogP contribution in [0, 0.1) is 0 Å². The van der Waals surface area contributed by atoms with E-state index in [0.717, 1.165) is 0 Å². The van der Waals surface area contributed by atoms with Crippen molar-refractivity contribution >= 4 is 18.3 Å². The van der Waals surface area contributed by atoms with Crippen molar-refractivity contribution in [3.63, 3.8) is 0 Å². The predicted molar refractivity (Wildman–Crippen MR) is 74.7 cm³/mol. The Morgan fingerprint density at radius 3 is 1.11 bits per heavy atom. The molecule has 0 aliphatic heterocycles. The standard InChI is InChI=1S/C7H18O3Si.C3H10O3Si/c1-5-8-11(4,9-6-2)10-7-3;1-4-7(5-2)6-3/h5-7H2,1-4H3;7H,1-3H3. The van der Waals surface area contributed by atoms with Crippen molar-refractivity contribution in [2.45, 2.75) is 27.3 Å². The molecule has 0 aromatic carbocycles. The summed E-state index contributed by atoms with van der Waals surface area (Å²) in [5, 5.41) is 0. The van der Waals surface area contributed by atoms with Crippen LogP contribution in [0.25, 0.3) is 0 Å². The third-order valence-corrected chi connectivity index (χ3v) is 5.39. The van der Waals surface area contributed by atoms with E-state index in [0.29, 0.717) is 19.8 Å². The summed E-state index contributed by atoms with van der Waals surface area (Å²) in [6.07, 6.45) is 0. The summed E-state index contributed by atoms with van der Waals surface area (Å²) >= 11 is 0. The molecule has 8 heteroatoms. The number of rotatable bonds is 9. The van der Waals surface area contributed by atoms with E-state index in [4.69, 9.17) is 26.6 Å². The molecule has 0 aromatic heterocycles. The Morgan fingerprint density at radius 1 is 0.722 bits per heavy atom. The largest absolute Gasteiger partial charge is 0.497 e. The lowest BCUT2D eigenvalue weighted by atomic mass is 10.9. The molecule has 0 atom stereocenters. The monoisotopic (exact) mass is 300 g/mol. The maximum Gasteiger partial charge on any atom is 0.497 e. The first-order valence-electron chi connectivity index (χ1n) is 6.03. The molecular formula is C10H28O6Si2. The molecule has 0 saturated carbocycles. The molecule has 6 nitrogen and oxygen atoms in total. The zero-order valence-corrected chi connectivity index (χ0v) is 14.8. The average molecular weight is 301 g/mol. The van der Waals surface area contributed by atoms with Gasteiger partial charge in [-0.3, -0.25) is 0 Å². The second kappa shape index (κ2) is 13.6. The highest BCUT2D eigenvalue weighted by Gasteiger charge is 2.32. The maximum absolute atomic E-state index is 5.40. The van der Waals surface area contributed by atoms with Gasteiger partial charge in [0, 0.05) is 47.7 Å². The van der Waals surface area contributed by atoms with Crippen molar-refractivity contribution in [2.24, 2.45) is 0 Å². The topological polar surface area (TPSA) is 55.4 Å². The van der Waals surface area contributed by atoms with Gasteiger partial charge < -0.3 is 26.6 Å². The molecule has 0 fully saturated rings. The van der Waals surface area contributed by atoms with Crippen molar-refractivity contribution in [2.75, 3.05) is 41.2 Å². The van der Waals surface area contributed by atoms with Gasteiger partial charge in [0.15, 0.2) is 0 Å². The van der Waals surface area contributed by atoms with Gasteiger partial charge in [0.2, 0.25) is 0 Å². The molecule has 0 N–H and O–H groups in total. The zero-order valence-electron chi connectivity index (χ0n) is 12.6. The lowest BCUT2D eigenvalue weighted by Crippen LogP contribution is -2.42. The second-order valence-corrected chi connectivity index (χ2v) is 7.74. The van der Waals surface area contributed by atoms with Crippen LogP contribution in [-0.4, -0.2) is 59.5 Å². The molecule has 0 radical (unpaired) electrons. The Bertz CT molecular complexity index is 146. The third-order valence-electron chi connectivity index (χ3n) is 1.80. The summed E-state index contributed by atoms with van der Waals surface area (Å²) < 4.78 is 30.4. The molecule has 0 saturated heterocycles. The normalized spacial score (nSPS) is 11.3. The summed E-state index contributed by atoms with van der Waals surface area (Å²) in [5.74, 6) is 0. The fourth-order valence-electron chi connectivity index (χ4n) is 1.20. The Labute approximate surface area is 114 Å². The highest BCUT2D eigenvalue weighted by atomic mass is 28.4. The first-order chi connectivity index (χ1) is 8.53. The summed E-state index contributed by atoms with van der Waals surface area (Å²) in [5.41, 5.74) is 0. The fraction of sp³-hybridized carbons (Fsp3) is 1.00. The molecule has 0 aromatic rings. The van der Waals surface area contributed by atoms with E-state index in [1.807, 2.05) is 27.3 Å². The summed E-state index contributed by atoms with van der Waals surface area (Å²) in [6, 6.07) is 0. The van der Waals surface area contributed by atoms with Crippen molar-refractivity contribution < 1.29 is 26.6 Å². The minimum Gasteiger partial charge on any atom is -0.379 e. The van der Waals surface area contributed by atoms with Crippen LogP contribution >= 0.6 is 0 Å². The Balaban J connectivity index is 0. The van der Waals surface area contributed by atoms with E-state index in [-0.39, 0.29) is 0 Å². The van der Waals surface area contributed by atoms with Gasteiger partial charge in [0.1, 0.15) is 0 Å². The minimum atomic E-state index is -2.25. The van der Waals surface area contributed by atoms with Crippen molar-refractivity contribution in [1.29, 1.82) is 0 Å². The molecule has 0 aliphatic carbocycles. The summed E-state index contributed by atoms with van der Waals surface area (Å²) in [4.78, 5) is 0. The Kier molecular flexibility index (Phi) is 15.5. The molecule has 0 aliphatic rings. The van der Waals surface area contributed by atoms with Crippen LogP contribution < -0.4 is 0 Å². The smallest absolute Gasteiger partial charge is 0.379 e. The molecule has 0 rings (SSSR count). The van der Waals surface area contributed by atoms with Crippen LogP contribution in [0.1, 0.15) is 20.8 Å². The second-order valence-electron chi connectivity index (χ2n) is 3.16. The Hall–Kier alpha value is 0.194. The van der Waals surface area contributed by atoms with Crippen LogP contribution in [0.4, 0.5) is 0 Å². The van der Waals surface area contributed by atoms with Gasteiger partial charge >= 0.3 is 18.3 Å². The molecule has 112 valence electrons. The van der Waals surface area contributed by atoms with Crippen molar-refractivity contribution in [3.8, 4) is 0 Å². The Morgan fingerprint density at radius 2 is 1.00 bits per heavy atom. The number of hydrogen-bond acceptors (Lipinski definition) is 6. The van der Waals surface area contributed by atoms with Gasteiger partial charge in [-0.15, -0.1) is 0 Å². The molecular weight excluding hydrogens is 272 g/mol. The van der Waals surface area contributed by atoms with Gasteiger partial charge in [-0.2, -0.15) is 0 Å². The van der Waals surface area contributed by atoms with E-state index in [2.05, 4.69) is 0 Å². The van der Waals surface area contributed by atoms with Crippen LogP contribution in [-0.2, 0) is 26.6 Å². The van der Waals surface area contributed by atoms with E-state index in [1.165, 1.54) is 0 Å². The summed E-state index contributed by atoms with van der Waals surface area (Å²) in [6.45, 7) is 9.73. The first-order valence-corrected chi connectivity index (χ1v) is 9.67. The fourth-order valence-corrected chi connectivity index (χ4v) is 3.60. The molecule has 0 bridgehead atoms. The molecule has 18 heavy (non-hydrogen) atoms. The van der Waals surface area contributed by atoms with Crippen LogP contribution in [0.5, 0.6) is 0 Å². The predicted octanol–water partition coefficient (Wildman–Crippen LogP) is 1.31. The molecule has 0 heterocycles. The van der Waals surface area contributed by atoms with Gasteiger partial charge in [-0.25, -0.2) is 0 Å². The first kappa shape index (κ1) is 20.5. The van der Waals surface area contributed by atoms with Crippen molar-refractivity contribution in [1.82, 2.24) is 0 Å². The van der Waals surface area contributed by atoms with Gasteiger partial charge in [-0.05, 0) is 20.8 Å². The van der Waals surface area contributed by atoms with E-state index >= 15 is 0 Å². The van der Waals surface area contributed by atoms with Gasteiger partial charge in [0.05, 0.1) is 0 Å². The van der Waals surface area contributed by atoms with Gasteiger partial charge in [0.25, 0.3) is 0 Å². The van der Waals surface area contributed by atoms with E-state index < -0.39 is 18.3 Å². The minimum absolute atomic E-state index is 0.655. The highest BCUT2D eigenvalue weighted by molar-refractivity contribution is 6.59. The van der Waals surface area contributed by atoms with Crippen molar-refractivity contribution in [3.05, 3.63) is 0 Å². The van der Waals surface area contributed by atoms with Gasteiger partial charge in [-0.1, -0.05) is 0 Å². The SMILES string of the molecule is CCO[Si](C)(OCC)OCC.CO[SiH](OC)OC. The highest BCUT2D eigenvalue weighted by Crippen LogP contribution is 2.08. The van der Waals surface area contributed by atoms with Crippen LogP contribution in [0.2, 0.25) is 6.55 Å². The number of hydrogen-bond donors (Lipinski definition) is 0. The van der Waals surface area contributed by atoms with E-state index in [1.54, 1.807) is 21.3 Å². The lowest BCUT2D eigenvalue weighted by Gasteiger charge is -2.23. The van der Waals surface area contributed by atoms with Crippen LogP contribution in [0.3, 0.4) is 0 Å². The molecule has 0 unspecified atom stereocenters. The lowest BCUT2D eigenvalue weighted by molar-refractivity contribution is 0.0783.